The Morgan fingerprint density at radius 2 is 2.21 bits per heavy atom. The highest BCUT2D eigenvalue weighted by molar-refractivity contribution is 5.43. The third kappa shape index (κ3) is 3.76. The highest BCUT2D eigenvalue weighted by atomic mass is 16.5. The molecular formula is C20H29NO3. The lowest BCUT2D eigenvalue weighted by Gasteiger charge is -2.47. The van der Waals surface area contributed by atoms with Gasteiger partial charge in [-0.3, -0.25) is 4.90 Å². The van der Waals surface area contributed by atoms with Crippen molar-refractivity contribution in [1.29, 1.82) is 0 Å². The summed E-state index contributed by atoms with van der Waals surface area (Å²) < 4.78 is 11.1. The molecule has 1 N–H and O–H groups in total. The van der Waals surface area contributed by atoms with Crippen molar-refractivity contribution in [2.45, 2.75) is 44.2 Å². The summed E-state index contributed by atoms with van der Waals surface area (Å²) in [5.74, 6) is 1.94. The summed E-state index contributed by atoms with van der Waals surface area (Å²) in [5, 5.41) is 10.8. The fraction of sp³-hybridized carbons (Fsp3) is 0.600. The summed E-state index contributed by atoms with van der Waals surface area (Å²) in [5.41, 5.74) is 0.813. The minimum Gasteiger partial charge on any atom is -0.493 e. The fourth-order valence-electron chi connectivity index (χ4n) is 4.12. The molecule has 2 unspecified atom stereocenters. The molecule has 1 saturated carbocycles. The van der Waals surface area contributed by atoms with Crippen molar-refractivity contribution >= 4 is 0 Å². The lowest BCUT2D eigenvalue weighted by atomic mass is 9.71. The van der Waals surface area contributed by atoms with Crippen LogP contribution in [0.25, 0.3) is 0 Å². The van der Waals surface area contributed by atoms with Gasteiger partial charge in [0.1, 0.15) is 6.61 Å². The number of hydrogen-bond acceptors (Lipinski definition) is 4. The fourth-order valence-corrected chi connectivity index (χ4v) is 4.12. The average Bonchev–Trinajstić information content (AvgIpc) is 2.60. The molecule has 1 aliphatic heterocycles. The van der Waals surface area contributed by atoms with Crippen LogP contribution in [0.3, 0.4) is 0 Å². The molecule has 2 aliphatic rings. The minimum absolute atomic E-state index is 0.408. The largest absolute Gasteiger partial charge is 0.493 e. The van der Waals surface area contributed by atoms with Gasteiger partial charge in [0.2, 0.25) is 0 Å². The van der Waals surface area contributed by atoms with Crippen LogP contribution in [0.15, 0.2) is 30.9 Å². The van der Waals surface area contributed by atoms with E-state index in [1.807, 2.05) is 6.07 Å². The van der Waals surface area contributed by atoms with Crippen molar-refractivity contribution < 1.29 is 14.6 Å². The van der Waals surface area contributed by atoms with Gasteiger partial charge in [0.05, 0.1) is 12.7 Å². The summed E-state index contributed by atoms with van der Waals surface area (Å²) in [7, 11) is 1.67. The first-order valence-corrected chi connectivity index (χ1v) is 9.00. The SMILES string of the molecule is C=CCOc1ccc(CN2CCC3(O)CCCCC3C2)cc1OC. The molecule has 0 amide bonds. The summed E-state index contributed by atoms with van der Waals surface area (Å²) in [4.78, 5) is 2.46. The van der Waals surface area contributed by atoms with Crippen molar-refractivity contribution in [3.8, 4) is 11.5 Å². The van der Waals surface area contributed by atoms with Gasteiger partial charge in [0.15, 0.2) is 11.5 Å². The van der Waals surface area contributed by atoms with Gasteiger partial charge in [-0.15, -0.1) is 0 Å². The monoisotopic (exact) mass is 331 g/mol. The quantitative estimate of drug-likeness (QED) is 0.812. The first-order valence-electron chi connectivity index (χ1n) is 9.00. The second-order valence-corrected chi connectivity index (χ2v) is 7.12. The molecule has 1 aliphatic carbocycles. The Kier molecular flexibility index (Phi) is 5.47. The van der Waals surface area contributed by atoms with Crippen LogP contribution in [0.4, 0.5) is 0 Å². The molecule has 4 nitrogen and oxygen atoms in total. The normalized spacial score (nSPS) is 27.3. The van der Waals surface area contributed by atoms with Crippen LogP contribution in [0.5, 0.6) is 11.5 Å². The van der Waals surface area contributed by atoms with Gasteiger partial charge >= 0.3 is 0 Å². The van der Waals surface area contributed by atoms with E-state index in [1.165, 1.54) is 18.4 Å². The molecule has 132 valence electrons. The molecule has 1 aromatic rings. The molecular weight excluding hydrogens is 302 g/mol. The second-order valence-electron chi connectivity index (χ2n) is 7.12. The van der Waals surface area contributed by atoms with Gasteiger partial charge in [-0.25, -0.2) is 0 Å². The summed E-state index contributed by atoms with van der Waals surface area (Å²) in [6, 6.07) is 6.13. The molecule has 0 radical (unpaired) electrons. The zero-order valence-corrected chi connectivity index (χ0v) is 14.7. The molecule has 2 atom stereocenters. The van der Waals surface area contributed by atoms with Crippen LogP contribution in [0.1, 0.15) is 37.7 Å². The topological polar surface area (TPSA) is 41.9 Å². The highest BCUT2D eigenvalue weighted by Crippen LogP contribution is 2.40. The van der Waals surface area contributed by atoms with Crippen LogP contribution in [-0.4, -0.2) is 42.4 Å². The first-order chi connectivity index (χ1) is 11.6. The van der Waals surface area contributed by atoms with Crippen molar-refractivity contribution in [2.75, 3.05) is 26.8 Å². The molecule has 1 heterocycles. The lowest BCUT2D eigenvalue weighted by Crippen LogP contribution is -2.52. The number of ether oxygens (including phenoxy) is 2. The summed E-state index contributed by atoms with van der Waals surface area (Å²) in [6.07, 6.45) is 7.20. The number of fused-ring (bicyclic) bond motifs is 1. The Morgan fingerprint density at radius 3 is 3.00 bits per heavy atom. The standard InChI is InChI=1S/C20H29NO3/c1-3-12-24-18-8-7-16(13-19(18)23-2)14-21-11-10-20(22)9-5-4-6-17(20)15-21/h3,7-8,13,17,22H,1,4-6,9-12,14-15H2,2H3. The zero-order valence-electron chi connectivity index (χ0n) is 14.7. The maximum absolute atomic E-state index is 10.8. The van der Waals surface area contributed by atoms with Crippen LogP contribution in [0, 0.1) is 5.92 Å². The van der Waals surface area contributed by atoms with Gasteiger partial charge in [0.25, 0.3) is 0 Å². The van der Waals surface area contributed by atoms with E-state index in [4.69, 9.17) is 9.47 Å². The minimum atomic E-state index is -0.408. The molecule has 1 saturated heterocycles. The maximum Gasteiger partial charge on any atom is 0.161 e. The Morgan fingerprint density at radius 1 is 1.33 bits per heavy atom. The third-order valence-corrected chi connectivity index (χ3v) is 5.50. The predicted octanol–water partition coefficient (Wildman–Crippen LogP) is 3.39. The molecule has 0 spiro atoms. The van der Waals surface area contributed by atoms with E-state index in [2.05, 4.69) is 23.6 Å². The number of hydrogen-bond donors (Lipinski definition) is 1. The molecule has 4 heteroatoms. The van der Waals surface area contributed by atoms with Crippen molar-refractivity contribution in [3.05, 3.63) is 36.4 Å². The van der Waals surface area contributed by atoms with E-state index >= 15 is 0 Å². The predicted molar refractivity (Wildman–Crippen MR) is 95.5 cm³/mol. The smallest absolute Gasteiger partial charge is 0.161 e. The molecule has 0 bridgehead atoms. The summed E-state index contributed by atoms with van der Waals surface area (Å²) in [6.45, 7) is 7.00. The number of aliphatic hydroxyl groups is 1. The number of likely N-dealkylation sites (tertiary alicyclic amines) is 1. The highest BCUT2D eigenvalue weighted by Gasteiger charge is 2.42. The van der Waals surface area contributed by atoms with Crippen molar-refractivity contribution in [1.82, 2.24) is 4.90 Å². The van der Waals surface area contributed by atoms with Gasteiger partial charge in [-0.1, -0.05) is 31.6 Å². The zero-order chi connectivity index (χ0) is 17.0. The molecule has 2 fully saturated rings. The van der Waals surface area contributed by atoms with E-state index in [-0.39, 0.29) is 0 Å². The number of rotatable bonds is 6. The van der Waals surface area contributed by atoms with E-state index in [9.17, 15) is 5.11 Å². The van der Waals surface area contributed by atoms with Crippen molar-refractivity contribution in [3.63, 3.8) is 0 Å². The average molecular weight is 331 g/mol. The third-order valence-electron chi connectivity index (χ3n) is 5.50. The van der Waals surface area contributed by atoms with Gasteiger partial charge in [-0.05, 0) is 37.0 Å². The lowest BCUT2D eigenvalue weighted by molar-refractivity contribution is -0.0967. The van der Waals surface area contributed by atoms with Crippen molar-refractivity contribution in [2.24, 2.45) is 5.92 Å². The number of benzene rings is 1. The molecule has 3 rings (SSSR count). The summed E-state index contributed by atoms with van der Waals surface area (Å²) >= 11 is 0. The number of methoxy groups -OCH3 is 1. The molecule has 24 heavy (non-hydrogen) atoms. The van der Waals surface area contributed by atoms with E-state index in [0.717, 1.165) is 50.4 Å². The second kappa shape index (κ2) is 7.58. The van der Waals surface area contributed by atoms with Gasteiger partial charge < -0.3 is 14.6 Å². The first kappa shape index (κ1) is 17.3. The Balaban J connectivity index is 1.64. The van der Waals surface area contributed by atoms with Crippen LogP contribution >= 0.6 is 0 Å². The van der Waals surface area contributed by atoms with Crippen LogP contribution < -0.4 is 9.47 Å². The number of nitrogens with zero attached hydrogens (tertiary/aromatic N) is 1. The Bertz CT molecular complexity index is 574. The van der Waals surface area contributed by atoms with Crippen LogP contribution in [0.2, 0.25) is 0 Å². The Hall–Kier alpha value is -1.52. The number of piperidine rings is 1. The van der Waals surface area contributed by atoms with Gasteiger partial charge in [0, 0.05) is 25.6 Å². The van der Waals surface area contributed by atoms with E-state index in [0.29, 0.717) is 12.5 Å². The van der Waals surface area contributed by atoms with E-state index < -0.39 is 5.60 Å². The van der Waals surface area contributed by atoms with Gasteiger partial charge in [-0.2, -0.15) is 0 Å². The van der Waals surface area contributed by atoms with Crippen LogP contribution in [-0.2, 0) is 6.54 Å². The molecule has 0 aromatic heterocycles. The van der Waals surface area contributed by atoms with E-state index in [1.54, 1.807) is 13.2 Å². The maximum atomic E-state index is 10.8. The Labute approximate surface area is 145 Å². The molecule has 1 aromatic carbocycles.